The number of nitrogens with zero attached hydrogens (tertiary/aromatic N) is 1. The van der Waals surface area contributed by atoms with Crippen LogP contribution in [0.4, 0.5) is 13.2 Å². The van der Waals surface area contributed by atoms with Gasteiger partial charge in [0.2, 0.25) is 0 Å². The average Bonchev–Trinajstić information content (AvgIpc) is 2.94. The summed E-state index contributed by atoms with van der Waals surface area (Å²) in [6, 6.07) is 9.58. The molecule has 2 aromatic carbocycles. The van der Waals surface area contributed by atoms with Gasteiger partial charge < -0.3 is 0 Å². The Morgan fingerprint density at radius 2 is 1.58 bits per heavy atom. The summed E-state index contributed by atoms with van der Waals surface area (Å²) in [5, 5.41) is 0.447. The smallest absolute Gasteiger partial charge is 0.298 e. The van der Waals surface area contributed by atoms with Gasteiger partial charge in [-0.3, -0.25) is 4.79 Å². The molecule has 0 unspecified atom stereocenters. The van der Waals surface area contributed by atoms with Crippen LogP contribution in [0.5, 0.6) is 0 Å². The lowest BCUT2D eigenvalue weighted by atomic mass is 10.2. The molecule has 0 aliphatic carbocycles. The van der Waals surface area contributed by atoms with Crippen LogP contribution in [0.25, 0.3) is 10.9 Å². The Hall–Kier alpha value is -2.61. The van der Waals surface area contributed by atoms with E-state index in [-0.39, 0.29) is 16.0 Å². The molecule has 3 aromatic rings. The number of hydrogen-bond donors (Lipinski definition) is 0. The molecule has 0 spiro atoms. The fourth-order valence-electron chi connectivity index (χ4n) is 2.40. The first-order valence-electron chi connectivity index (χ1n) is 6.73. The second kappa shape index (κ2) is 5.48. The van der Waals surface area contributed by atoms with Gasteiger partial charge in [-0.1, -0.05) is 18.2 Å². The maximum Gasteiger partial charge on any atom is 0.416 e. The number of carbonyl (C=O) groups excluding carboxylic acids is 1. The van der Waals surface area contributed by atoms with Crippen LogP contribution in [0.2, 0.25) is 0 Å². The van der Waals surface area contributed by atoms with Crippen molar-refractivity contribution in [2.45, 2.75) is 11.1 Å². The first-order valence-corrected chi connectivity index (χ1v) is 8.17. The zero-order chi connectivity index (χ0) is 17.5. The zero-order valence-electron chi connectivity index (χ0n) is 12.0. The van der Waals surface area contributed by atoms with E-state index in [0.717, 1.165) is 22.3 Å². The zero-order valence-corrected chi connectivity index (χ0v) is 12.8. The van der Waals surface area contributed by atoms with Crippen molar-refractivity contribution in [1.82, 2.24) is 3.97 Å². The fraction of sp³-hybridized carbons (Fsp3) is 0.0625. The first-order chi connectivity index (χ1) is 11.2. The van der Waals surface area contributed by atoms with Gasteiger partial charge in [-0.05, 0) is 30.3 Å². The van der Waals surface area contributed by atoms with Crippen LogP contribution >= 0.6 is 0 Å². The fourth-order valence-corrected chi connectivity index (χ4v) is 3.78. The molecule has 0 atom stereocenters. The van der Waals surface area contributed by atoms with Crippen molar-refractivity contribution < 1.29 is 26.4 Å². The minimum absolute atomic E-state index is 0.182. The molecule has 0 aliphatic heterocycles. The third-order valence-electron chi connectivity index (χ3n) is 3.57. The molecule has 3 rings (SSSR count). The minimum Gasteiger partial charge on any atom is -0.298 e. The number of halogens is 3. The number of para-hydroxylation sites is 1. The monoisotopic (exact) mass is 353 g/mol. The van der Waals surface area contributed by atoms with E-state index in [1.165, 1.54) is 6.07 Å². The maximum atomic E-state index is 12.7. The molecule has 0 bridgehead atoms. The average molecular weight is 353 g/mol. The molecule has 0 saturated carbocycles. The normalized spacial score (nSPS) is 12.5. The van der Waals surface area contributed by atoms with E-state index >= 15 is 0 Å². The second-order valence-corrected chi connectivity index (χ2v) is 6.86. The van der Waals surface area contributed by atoms with Gasteiger partial charge in [-0.15, -0.1) is 0 Å². The molecule has 124 valence electrons. The van der Waals surface area contributed by atoms with Crippen molar-refractivity contribution in [3.05, 3.63) is 65.9 Å². The summed E-state index contributed by atoms with van der Waals surface area (Å²) < 4.78 is 64.1. The van der Waals surface area contributed by atoms with Gasteiger partial charge in [-0.2, -0.15) is 13.2 Å². The molecule has 0 amide bonds. The summed E-state index contributed by atoms with van der Waals surface area (Å²) in [5.41, 5.74) is -0.479. The Kier molecular flexibility index (Phi) is 3.71. The Bertz CT molecular complexity index is 1020. The lowest BCUT2D eigenvalue weighted by Gasteiger charge is -2.10. The van der Waals surface area contributed by atoms with Crippen LogP contribution in [0.1, 0.15) is 15.9 Å². The van der Waals surface area contributed by atoms with Crippen molar-refractivity contribution in [2.75, 3.05) is 0 Å². The molecule has 0 radical (unpaired) electrons. The number of aromatic nitrogens is 1. The van der Waals surface area contributed by atoms with Crippen LogP contribution in [0, 0.1) is 0 Å². The van der Waals surface area contributed by atoms with Gasteiger partial charge in [-0.25, -0.2) is 12.4 Å². The van der Waals surface area contributed by atoms with E-state index in [0.29, 0.717) is 23.8 Å². The highest BCUT2D eigenvalue weighted by Crippen LogP contribution is 2.31. The van der Waals surface area contributed by atoms with Crippen molar-refractivity contribution in [3.63, 3.8) is 0 Å². The summed E-state index contributed by atoms with van der Waals surface area (Å²) in [7, 11) is -4.13. The molecule has 0 aliphatic rings. The van der Waals surface area contributed by atoms with Crippen LogP contribution < -0.4 is 0 Å². The number of benzene rings is 2. The molecule has 1 aromatic heterocycles. The molecule has 4 nitrogen and oxygen atoms in total. The molecular formula is C16H10F3NO3S. The molecule has 24 heavy (non-hydrogen) atoms. The number of hydrogen-bond acceptors (Lipinski definition) is 3. The third kappa shape index (κ3) is 2.58. The molecule has 0 saturated heterocycles. The number of fused-ring (bicyclic) bond motifs is 1. The quantitative estimate of drug-likeness (QED) is 0.675. The number of carbonyl (C=O) groups is 1. The SMILES string of the molecule is O=Cc1cn(S(=O)(=O)c2ccc(C(F)(F)F)cc2)c2ccccc12. The Morgan fingerprint density at radius 1 is 0.958 bits per heavy atom. The molecular weight excluding hydrogens is 343 g/mol. The van der Waals surface area contributed by atoms with E-state index in [9.17, 15) is 26.4 Å². The largest absolute Gasteiger partial charge is 0.416 e. The summed E-state index contributed by atoms with van der Waals surface area (Å²) in [4.78, 5) is 10.8. The van der Waals surface area contributed by atoms with Crippen molar-refractivity contribution in [1.29, 1.82) is 0 Å². The number of aldehydes is 1. The predicted octanol–water partition coefficient (Wildman–Crippen LogP) is 3.71. The van der Waals surface area contributed by atoms with Crippen LogP contribution in [0.3, 0.4) is 0 Å². The van der Waals surface area contributed by atoms with Gasteiger partial charge in [0.15, 0.2) is 6.29 Å². The first kappa shape index (κ1) is 16.3. The second-order valence-electron chi connectivity index (χ2n) is 5.04. The van der Waals surface area contributed by atoms with E-state index in [1.54, 1.807) is 18.2 Å². The Morgan fingerprint density at radius 3 is 2.17 bits per heavy atom. The van der Waals surface area contributed by atoms with Crippen LogP contribution in [-0.2, 0) is 16.2 Å². The summed E-state index contributed by atoms with van der Waals surface area (Å²) in [5.74, 6) is 0. The van der Waals surface area contributed by atoms with Crippen molar-refractivity contribution >= 4 is 27.2 Å². The van der Waals surface area contributed by atoms with Gasteiger partial charge in [0.25, 0.3) is 10.0 Å². The van der Waals surface area contributed by atoms with E-state index < -0.39 is 21.8 Å². The lowest BCUT2D eigenvalue weighted by molar-refractivity contribution is -0.137. The van der Waals surface area contributed by atoms with E-state index in [2.05, 4.69) is 0 Å². The van der Waals surface area contributed by atoms with Crippen molar-refractivity contribution in [2.24, 2.45) is 0 Å². The molecule has 8 heteroatoms. The van der Waals surface area contributed by atoms with Gasteiger partial charge in [0.05, 0.1) is 16.0 Å². The third-order valence-corrected chi connectivity index (χ3v) is 5.26. The van der Waals surface area contributed by atoms with E-state index in [4.69, 9.17) is 0 Å². The highest BCUT2D eigenvalue weighted by atomic mass is 32.2. The highest BCUT2D eigenvalue weighted by molar-refractivity contribution is 7.90. The Balaban J connectivity index is 2.17. The highest BCUT2D eigenvalue weighted by Gasteiger charge is 2.31. The summed E-state index contributed by atoms with van der Waals surface area (Å²) >= 11 is 0. The van der Waals surface area contributed by atoms with Crippen molar-refractivity contribution in [3.8, 4) is 0 Å². The minimum atomic E-state index is -4.55. The standard InChI is InChI=1S/C16H10F3NO3S/c17-16(18,19)12-5-7-13(8-6-12)24(22,23)20-9-11(10-21)14-3-1-2-4-15(14)20/h1-10H. The summed E-state index contributed by atoms with van der Waals surface area (Å²) in [6.07, 6.45) is -2.86. The topological polar surface area (TPSA) is 56.1 Å². The van der Waals surface area contributed by atoms with Crippen LogP contribution in [0.15, 0.2) is 59.6 Å². The Labute approximate surface area is 135 Å². The van der Waals surface area contributed by atoms with Crippen LogP contribution in [-0.4, -0.2) is 18.7 Å². The predicted molar refractivity (Wildman–Crippen MR) is 81.4 cm³/mol. The summed E-state index contributed by atoms with van der Waals surface area (Å²) in [6.45, 7) is 0. The number of alkyl halides is 3. The molecule has 0 N–H and O–H groups in total. The maximum absolute atomic E-state index is 12.7. The molecule has 0 fully saturated rings. The van der Waals surface area contributed by atoms with Gasteiger partial charge in [0, 0.05) is 17.1 Å². The lowest BCUT2D eigenvalue weighted by Crippen LogP contribution is -2.12. The van der Waals surface area contributed by atoms with E-state index in [1.807, 2.05) is 0 Å². The number of rotatable bonds is 3. The molecule has 1 heterocycles. The van der Waals surface area contributed by atoms with Gasteiger partial charge in [0.1, 0.15) is 0 Å². The van der Waals surface area contributed by atoms with Gasteiger partial charge >= 0.3 is 6.18 Å².